The molecule has 2 saturated heterocycles. The van der Waals surface area contributed by atoms with E-state index in [9.17, 15) is 29.1 Å². The van der Waals surface area contributed by atoms with Gasteiger partial charge in [-0.25, -0.2) is 9.69 Å². The second kappa shape index (κ2) is 22.9. The fraction of sp³-hybridized carbons (Fsp3) is 0.432. The second-order valence-corrected chi connectivity index (χ2v) is 13.9. The van der Waals surface area contributed by atoms with Gasteiger partial charge < -0.3 is 43.0 Å². The van der Waals surface area contributed by atoms with Gasteiger partial charge in [-0.05, 0) is 41.7 Å². The van der Waals surface area contributed by atoms with Crippen LogP contribution < -0.4 is 0 Å². The Kier molecular flexibility index (Phi) is 17.4. The summed E-state index contributed by atoms with van der Waals surface area (Å²) in [6, 6.07) is 27.5. The minimum absolute atomic E-state index is 0.0498. The number of nitrogens with zero attached hydrogens (tertiary/aromatic N) is 1. The van der Waals surface area contributed by atoms with Crippen molar-refractivity contribution in [2.75, 3.05) is 34.0 Å². The van der Waals surface area contributed by atoms with E-state index < -0.39 is 78.5 Å². The number of carbonyl (C=O) groups is 5. The van der Waals surface area contributed by atoms with Crippen LogP contribution in [0.3, 0.4) is 0 Å². The molecule has 2 aliphatic rings. The van der Waals surface area contributed by atoms with Crippen LogP contribution in [-0.4, -0.2) is 123 Å². The zero-order valence-corrected chi connectivity index (χ0v) is 33.3. The third-order valence-electron chi connectivity index (χ3n) is 9.74. The van der Waals surface area contributed by atoms with Crippen LogP contribution in [0.15, 0.2) is 103 Å². The fourth-order valence-corrected chi connectivity index (χ4v) is 6.84. The fourth-order valence-electron chi connectivity index (χ4n) is 6.84. The highest BCUT2D eigenvalue weighted by Gasteiger charge is 2.49. The normalized spacial score (nSPS) is 22.8. The molecule has 8 atom stereocenters. The molecule has 316 valence electrons. The van der Waals surface area contributed by atoms with Crippen LogP contribution in [0.5, 0.6) is 0 Å². The highest BCUT2D eigenvalue weighted by molar-refractivity contribution is 6.05. The maximum absolute atomic E-state index is 13.7. The lowest BCUT2D eigenvalue weighted by molar-refractivity contribution is -0.319. The molecule has 2 fully saturated rings. The van der Waals surface area contributed by atoms with Crippen LogP contribution in [0, 0.1) is 0 Å². The number of ether oxygens (including phenoxy) is 8. The minimum atomic E-state index is -1.80. The molecule has 0 bridgehead atoms. The average Bonchev–Trinajstić information content (AvgIpc) is 3.62. The van der Waals surface area contributed by atoms with E-state index in [4.69, 9.17) is 37.9 Å². The van der Waals surface area contributed by atoms with Gasteiger partial charge in [0.2, 0.25) is 0 Å². The molecule has 5 rings (SSSR count). The van der Waals surface area contributed by atoms with Crippen LogP contribution >= 0.6 is 0 Å². The third kappa shape index (κ3) is 12.7. The average molecular weight is 818 g/mol. The Morgan fingerprint density at radius 1 is 0.797 bits per heavy atom. The molecule has 2 amide bonds. The van der Waals surface area contributed by atoms with Gasteiger partial charge in [0.25, 0.3) is 5.91 Å². The van der Waals surface area contributed by atoms with Crippen molar-refractivity contribution in [1.29, 1.82) is 0 Å². The lowest BCUT2D eigenvalue weighted by Crippen LogP contribution is -2.61. The van der Waals surface area contributed by atoms with Gasteiger partial charge in [-0.3, -0.25) is 19.2 Å². The van der Waals surface area contributed by atoms with Gasteiger partial charge in [-0.1, -0.05) is 91.0 Å². The molecule has 0 radical (unpaired) electrons. The number of esters is 1. The Balaban J connectivity index is 1.21. The molecule has 0 saturated carbocycles. The van der Waals surface area contributed by atoms with Crippen molar-refractivity contribution in [2.24, 2.45) is 0 Å². The van der Waals surface area contributed by atoms with Gasteiger partial charge in [-0.2, -0.15) is 0 Å². The van der Waals surface area contributed by atoms with E-state index in [0.29, 0.717) is 0 Å². The number of amides is 2. The van der Waals surface area contributed by atoms with Crippen molar-refractivity contribution in [2.45, 2.75) is 88.4 Å². The highest BCUT2D eigenvalue weighted by Crippen LogP contribution is 2.30. The molecule has 2 aliphatic heterocycles. The molecule has 0 unspecified atom stereocenters. The number of aliphatic hydroxyl groups excluding tert-OH is 1. The number of benzene rings is 3. The number of hydrogen-bond donors (Lipinski definition) is 1. The standard InChI is InChI=1S/C44H51NO14/c1-29(47)58-37(40(52-2)42(50)45-33(28-57-44(45)51)24-30-14-7-4-8-15-30)35(49)22-21-34(48)20-13-23-54-41-39(56-27-32-18-11-6-12-19-32)38(36(25-46)59-43(41)53-3)55-26-31-16-9-5-10-17-31/h4-12,14-19,21-22,33,36-41,43,46H,13,20,23-28H2,1-3H3/t33-,36+,37+,38+,39-,40-,41-,43-/m0/s1. The summed E-state index contributed by atoms with van der Waals surface area (Å²) in [6.07, 6.45) is -6.13. The Labute approximate surface area is 343 Å². The zero-order valence-electron chi connectivity index (χ0n) is 33.3. The summed E-state index contributed by atoms with van der Waals surface area (Å²) >= 11 is 0. The maximum Gasteiger partial charge on any atom is 0.417 e. The van der Waals surface area contributed by atoms with E-state index in [1.54, 1.807) is 0 Å². The molecule has 59 heavy (non-hydrogen) atoms. The largest absolute Gasteiger partial charge is 0.451 e. The number of allylic oxidation sites excluding steroid dienone is 1. The van der Waals surface area contributed by atoms with Gasteiger partial charge in [0.1, 0.15) is 31.0 Å². The monoisotopic (exact) mass is 817 g/mol. The van der Waals surface area contributed by atoms with Crippen molar-refractivity contribution in [3.63, 3.8) is 0 Å². The Morgan fingerprint density at radius 2 is 1.39 bits per heavy atom. The summed E-state index contributed by atoms with van der Waals surface area (Å²) < 4.78 is 46.4. The van der Waals surface area contributed by atoms with Crippen molar-refractivity contribution in [1.82, 2.24) is 4.90 Å². The predicted octanol–water partition coefficient (Wildman–Crippen LogP) is 3.92. The van der Waals surface area contributed by atoms with E-state index >= 15 is 0 Å². The molecule has 15 heteroatoms. The van der Waals surface area contributed by atoms with Gasteiger partial charge in [0, 0.05) is 34.2 Å². The summed E-state index contributed by atoms with van der Waals surface area (Å²) in [5.41, 5.74) is 2.66. The Bertz CT molecular complexity index is 1840. The molecule has 3 aromatic carbocycles. The number of ketones is 2. The lowest BCUT2D eigenvalue weighted by atomic mass is 9.98. The summed E-state index contributed by atoms with van der Waals surface area (Å²) in [6.45, 7) is 1.09. The third-order valence-corrected chi connectivity index (χ3v) is 9.74. The van der Waals surface area contributed by atoms with E-state index in [1.807, 2.05) is 91.0 Å². The minimum Gasteiger partial charge on any atom is -0.451 e. The second-order valence-electron chi connectivity index (χ2n) is 13.9. The SMILES string of the molecule is CO[C@H]1O[C@H](CO)[C@@H](OCc2ccccc2)[C@H](OCc2ccccc2)[C@@H]1OCCCC(=O)C=CC(=O)[C@@H](OC(C)=O)[C@H](OC)C(=O)N1C(=O)OC[C@@H]1Cc1ccccc1. The first-order valence-electron chi connectivity index (χ1n) is 19.3. The number of cyclic esters (lactones) is 1. The maximum atomic E-state index is 13.7. The van der Waals surface area contributed by atoms with Crippen molar-refractivity contribution in [3.05, 3.63) is 120 Å². The molecular weight excluding hydrogens is 766 g/mol. The molecule has 15 nitrogen and oxygen atoms in total. The van der Waals surface area contributed by atoms with Gasteiger partial charge in [-0.15, -0.1) is 0 Å². The number of rotatable bonds is 22. The zero-order chi connectivity index (χ0) is 42.1. The first-order valence-corrected chi connectivity index (χ1v) is 19.3. The molecule has 0 aromatic heterocycles. The van der Waals surface area contributed by atoms with E-state index in [1.165, 1.54) is 7.11 Å². The summed E-state index contributed by atoms with van der Waals surface area (Å²) in [4.78, 5) is 65.7. The predicted molar refractivity (Wildman–Crippen MR) is 209 cm³/mol. The molecule has 3 aromatic rings. The van der Waals surface area contributed by atoms with Crippen LogP contribution in [0.25, 0.3) is 0 Å². The number of imide groups is 1. The molecule has 1 N–H and O–H groups in total. The van der Waals surface area contributed by atoms with E-state index in [2.05, 4.69) is 0 Å². The lowest BCUT2D eigenvalue weighted by Gasteiger charge is -2.45. The van der Waals surface area contributed by atoms with Gasteiger partial charge in [0.05, 0.1) is 25.9 Å². The van der Waals surface area contributed by atoms with Crippen LogP contribution in [-0.2, 0) is 76.7 Å². The molecule has 0 spiro atoms. The first-order chi connectivity index (χ1) is 28.6. The van der Waals surface area contributed by atoms with E-state index in [0.717, 1.165) is 47.8 Å². The quantitative estimate of drug-likeness (QED) is 0.0875. The molecule has 0 aliphatic carbocycles. The smallest absolute Gasteiger partial charge is 0.417 e. The van der Waals surface area contributed by atoms with Crippen LogP contribution in [0.4, 0.5) is 4.79 Å². The molecular formula is C44H51NO14. The van der Waals surface area contributed by atoms with Gasteiger partial charge in [0.15, 0.2) is 30.1 Å². The number of aliphatic hydroxyl groups is 1. The Morgan fingerprint density at radius 3 is 1.95 bits per heavy atom. The van der Waals surface area contributed by atoms with Crippen molar-refractivity contribution >= 4 is 29.5 Å². The van der Waals surface area contributed by atoms with Crippen molar-refractivity contribution < 1.29 is 67.0 Å². The van der Waals surface area contributed by atoms with Crippen LogP contribution in [0.2, 0.25) is 0 Å². The summed E-state index contributed by atoms with van der Waals surface area (Å²) in [5, 5.41) is 10.3. The van der Waals surface area contributed by atoms with Gasteiger partial charge >= 0.3 is 12.1 Å². The first kappa shape index (κ1) is 45.0. The van der Waals surface area contributed by atoms with Crippen molar-refractivity contribution in [3.8, 4) is 0 Å². The highest BCUT2D eigenvalue weighted by atomic mass is 16.7. The summed E-state index contributed by atoms with van der Waals surface area (Å²) in [7, 11) is 2.59. The Hall–Kier alpha value is -5.13. The van der Waals surface area contributed by atoms with Crippen LogP contribution in [0.1, 0.15) is 36.5 Å². The van der Waals surface area contributed by atoms with E-state index in [-0.39, 0.29) is 52.3 Å². The number of hydrogen-bond acceptors (Lipinski definition) is 14. The summed E-state index contributed by atoms with van der Waals surface area (Å²) in [5.74, 6) is -3.18. The molecule has 2 heterocycles. The topological polar surface area (TPSA) is 183 Å². The number of carbonyl (C=O) groups excluding carboxylic acids is 5. The number of methoxy groups -OCH3 is 2.